The second kappa shape index (κ2) is 10.5. The molecule has 1 amide bonds. The zero-order chi connectivity index (χ0) is 21.5. The second-order valence-electron chi connectivity index (χ2n) is 7.83. The van der Waals surface area contributed by atoms with Crippen LogP contribution >= 0.6 is 11.8 Å². The summed E-state index contributed by atoms with van der Waals surface area (Å²) in [5.41, 5.74) is 1.87. The van der Waals surface area contributed by atoms with Crippen LogP contribution in [0.1, 0.15) is 49.5 Å². The predicted molar refractivity (Wildman–Crippen MR) is 123 cm³/mol. The summed E-state index contributed by atoms with van der Waals surface area (Å²) in [6.45, 7) is 2.51. The Hall–Kier alpha value is -2.80. The largest absolute Gasteiger partial charge is 0.489 e. The Morgan fingerprint density at radius 2 is 1.81 bits per heavy atom. The first-order chi connectivity index (χ1) is 15.2. The maximum atomic E-state index is 12.5. The minimum atomic E-state index is -0.0567. The van der Waals surface area contributed by atoms with Crippen LogP contribution in [0.3, 0.4) is 0 Å². The number of aryl methyl sites for hydroxylation is 1. The minimum absolute atomic E-state index is 0.0567. The Morgan fingerprint density at radius 1 is 1.06 bits per heavy atom. The lowest BCUT2D eigenvalue weighted by molar-refractivity contribution is -0.113. The molecule has 0 aliphatic heterocycles. The van der Waals surface area contributed by atoms with Crippen LogP contribution in [-0.4, -0.2) is 26.4 Å². The molecule has 3 aromatic rings. The molecule has 0 spiro atoms. The molecule has 1 saturated carbocycles. The Morgan fingerprint density at radius 3 is 2.55 bits per heavy atom. The summed E-state index contributed by atoms with van der Waals surface area (Å²) < 4.78 is 8.01. The number of hydrogen-bond donors (Lipinski definition) is 1. The summed E-state index contributed by atoms with van der Waals surface area (Å²) in [6, 6.07) is 17.9. The van der Waals surface area contributed by atoms with Gasteiger partial charge in [-0.2, -0.15) is 0 Å². The molecule has 0 unspecified atom stereocenters. The monoisotopic (exact) mass is 436 g/mol. The molecule has 2 aromatic carbocycles. The highest BCUT2D eigenvalue weighted by molar-refractivity contribution is 7.99. The van der Waals surface area contributed by atoms with E-state index in [-0.39, 0.29) is 5.91 Å². The quantitative estimate of drug-likeness (QED) is 0.479. The fourth-order valence-corrected chi connectivity index (χ4v) is 4.76. The topological polar surface area (TPSA) is 69.0 Å². The lowest BCUT2D eigenvalue weighted by atomic mass is 9.95. The lowest BCUT2D eigenvalue weighted by Gasteiger charge is -2.24. The van der Waals surface area contributed by atoms with Gasteiger partial charge in [0.1, 0.15) is 18.2 Å². The summed E-state index contributed by atoms with van der Waals surface area (Å²) >= 11 is 1.45. The van der Waals surface area contributed by atoms with E-state index in [0.717, 1.165) is 40.8 Å². The van der Waals surface area contributed by atoms with Crippen molar-refractivity contribution in [3.05, 3.63) is 66.0 Å². The molecule has 0 atom stereocenters. The third-order valence-corrected chi connectivity index (χ3v) is 6.44. The van der Waals surface area contributed by atoms with E-state index in [0.29, 0.717) is 18.4 Å². The second-order valence-corrected chi connectivity index (χ2v) is 8.77. The van der Waals surface area contributed by atoms with Gasteiger partial charge in [-0.25, -0.2) is 0 Å². The number of nitrogens with one attached hydrogen (secondary N) is 1. The van der Waals surface area contributed by atoms with Crippen molar-refractivity contribution in [2.75, 3.05) is 11.1 Å². The van der Waals surface area contributed by atoms with Gasteiger partial charge in [-0.3, -0.25) is 4.79 Å². The Bertz CT molecular complexity index is 983. The number of benzene rings is 2. The zero-order valence-electron chi connectivity index (χ0n) is 17.8. The number of nitrogens with zero attached hydrogens (tertiary/aromatic N) is 3. The summed E-state index contributed by atoms with van der Waals surface area (Å²) in [7, 11) is 0. The van der Waals surface area contributed by atoms with Crippen molar-refractivity contribution in [1.82, 2.24) is 14.8 Å². The van der Waals surface area contributed by atoms with Gasteiger partial charge in [0.05, 0.1) is 5.75 Å². The Labute approximate surface area is 187 Å². The SMILES string of the molecule is Cc1nnc(SCC(=O)Nc2ccc(OCc3ccccc3)cc2)n1C1CCCCC1. The van der Waals surface area contributed by atoms with Crippen LogP contribution in [0.4, 0.5) is 5.69 Å². The van der Waals surface area contributed by atoms with Crippen molar-refractivity contribution in [1.29, 1.82) is 0 Å². The van der Waals surface area contributed by atoms with Gasteiger partial charge in [0.15, 0.2) is 5.16 Å². The molecule has 0 radical (unpaired) electrons. The van der Waals surface area contributed by atoms with E-state index in [4.69, 9.17) is 4.74 Å². The fraction of sp³-hybridized carbons (Fsp3) is 0.375. The Kier molecular flexibility index (Phi) is 7.25. The maximum Gasteiger partial charge on any atom is 0.234 e. The molecule has 31 heavy (non-hydrogen) atoms. The molecular formula is C24H28N4O2S. The van der Waals surface area contributed by atoms with Crippen LogP contribution in [-0.2, 0) is 11.4 Å². The van der Waals surface area contributed by atoms with Gasteiger partial charge in [-0.05, 0) is 49.6 Å². The number of amides is 1. The molecule has 1 N–H and O–H groups in total. The van der Waals surface area contributed by atoms with Crippen LogP contribution in [0.5, 0.6) is 5.75 Å². The van der Waals surface area contributed by atoms with Crippen molar-refractivity contribution in [2.45, 2.75) is 56.8 Å². The van der Waals surface area contributed by atoms with Crippen LogP contribution in [0.15, 0.2) is 59.8 Å². The van der Waals surface area contributed by atoms with Crippen LogP contribution < -0.4 is 10.1 Å². The summed E-state index contributed by atoms with van der Waals surface area (Å²) in [6.07, 6.45) is 6.13. The van der Waals surface area contributed by atoms with Gasteiger partial charge in [0.25, 0.3) is 0 Å². The Balaban J connectivity index is 1.27. The average molecular weight is 437 g/mol. The van der Waals surface area contributed by atoms with E-state index in [1.54, 1.807) is 0 Å². The molecule has 1 aromatic heterocycles. The van der Waals surface area contributed by atoms with E-state index < -0.39 is 0 Å². The highest BCUT2D eigenvalue weighted by Crippen LogP contribution is 2.32. The van der Waals surface area contributed by atoms with Crippen molar-refractivity contribution in [3.63, 3.8) is 0 Å². The lowest BCUT2D eigenvalue weighted by Crippen LogP contribution is -2.17. The highest BCUT2D eigenvalue weighted by atomic mass is 32.2. The van der Waals surface area contributed by atoms with Crippen molar-refractivity contribution in [2.24, 2.45) is 0 Å². The molecule has 162 valence electrons. The smallest absolute Gasteiger partial charge is 0.234 e. The average Bonchev–Trinajstić information content (AvgIpc) is 3.19. The number of anilines is 1. The number of rotatable bonds is 8. The van der Waals surface area contributed by atoms with Crippen molar-refractivity contribution >= 4 is 23.4 Å². The maximum absolute atomic E-state index is 12.5. The van der Waals surface area contributed by atoms with Gasteiger partial charge in [-0.15, -0.1) is 10.2 Å². The van der Waals surface area contributed by atoms with Gasteiger partial charge in [0.2, 0.25) is 5.91 Å². The molecule has 1 aliphatic rings. The van der Waals surface area contributed by atoms with E-state index >= 15 is 0 Å². The fourth-order valence-electron chi connectivity index (χ4n) is 3.91. The number of thioether (sulfide) groups is 1. The summed E-state index contributed by atoms with van der Waals surface area (Å²) in [5, 5.41) is 12.3. The molecule has 0 saturated heterocycles. The standard InChI is InChI=1S/C24H28N4O2S/c1-18-26-27-24(28(18)21-10-6-3-7-11-21)31-17-23(29)25-20-12-14-22(15-13-20)30-16-19-8-4-2-5-9-19/h2,4-5,8-9,12-15,21H,3,6-7,10-11,16-17H2,1H3,(H,25,29). The molecule has 1 fully saturated rings. The van der Waals surface area contributed by atoms with E-state index in [1.165, 1.54) is 31.0 Å². The summed E-state index contributed by atoms with van der Waals surface area (Å²) in [5.74, 6) is 1.95. The highest BCUT2D eigenvalue weighted by Gasteiger charge is 2.21. The summed E-state index contributed by atoms with van der Waals surface area (Å²) in [4.78, 5) is 12.5. The zero-order valence-corrected chi connectivity index (χ0v) is 18.6. The van der Waals surface area contributed by atoms with Crippen molar-refractivity contribution < 1.29 is 9.53 Å². The first-order valence-electron chi connectivity index (χ1n) is 10.8. The molecule has 7 heteroatoms. The minimum Gasteiger partial charge on any atom is -0.489 e. The van der Waals surface area contributed by atoms with Crippen LogP contribution in [0.2, 0.25) is 0 Å². The van der Waals surface area contributed by atoms with E-state index in [1.807, 2.05) is 61.5 Å². The number of ether oxygens (including phenoxy) is 1. The number of aromatic nitrogens is 3. The van der Waals surface area contributed by atoms with Crippen LogP contribution in [0, 0.1) is 6.92 Å². The van der Waals surface area contributed by atoms with Gasteiger partial charge < -0.3 is 14.6 Å². The molecule has 1 aliphatic carbocycles. The molecule has 4 rings (SSSR count). The van der Waals surface area contributed by atoms with E-state index in [2.05, 4.69) is 20.1 Å². The molecule has 6 nitrogen and oxygen atoms in total. The van der Waals surface area contributed by atoms with Gasteiger partial charge in [0, 0.05) is 11.7 Å². The van der Waals surface area contributed by atoms with Gasteiger partial charge in [-0.1, -0.05) is 61.4 Å². The van der Waals surface area contributed by atoms with Crippen LogP contribution in [0.25, 0.3) is 0 Å². The normalized spacial score (nSPS) is 14.4. The number of carbonyl (C=O) groups excluding carboxylic acids is 1. The van der Waals surface area contributed by atoms with Crippen molar-refractivity contribution in [3.8, 4) is 5.75 Å². The number of hydrogen-bond acceptors (Lipinski definition) is 5. The van der Waals surface area contributed by atoms with Gasteiger partial charge >= 0.3 is 0 Å². The first-order valence-corrected chi connectivity index (χ1v) is 11.8. The first kappa shape index (κ1) is 21.4. The predicted octanol–water partition coefficient (Wildman–Crippen LogP) is 5.40. The molecule has 0 bridgehead atoms. The number of carbonyl (C=O) groups is 1. The van der Waals surface area contributed by atoms with E-state index in [9.17, 15) is 4.79 Å². The third-order valence-electron chi connectivity index (χ3n) is 5.49. The third kappa shape index (κ3) is 5.88. The molecular weight excluding hydrogens is 408 g/mol. The molecule has 1 heterocycles.